The van der Waals surface area contributed by atoms with Crippen molar-refractivity contribution in [2.24, 2.45) is 7.05 Å². The lowest BCUT2D eigenvalue weighted by molar-refractivity contribution is 0.146. The third kappa shape index (κ3) is 3.48. The van der Waals surface area contributed by atoms with E-state index in [1.165, 1.54) is 18.9 Å². The molecule has 0 atom stereocenters. The molecule has 1 fully saturated rings. The van der Waals surface area contributed by atoms with Crippen LogP contribution in [-0.4, -0.2) is 32.8 Å². The second kappa shape index (κ2) is 6.60. The van der Waals surface area contributed by atoms with Crippen molar-refractivity contribution in [3.8, 4) is 11.3 Å². The Morgan fingerprint density at radius 2 is 1.78 bits per heavy atom. The Morgan fingerprint density at radius 3 is 2.35 bits per heavy atom. The summed E-state index contributed by atoms with van der Waals surface area (Å²) in [6, 6.07) is 1.37. The Labute approximate surface area is 134 Å². The summed E-state index contributed by atoms with van der Waals surface area (Å²) in [5.41, 5.74) is 1.83. The van der Waals surface area contributed by atoms with Crippen LogP contribution in [0.15, 0.2) is 12.3 Å². The van der Waals surface area contributed by atoms with E-state index in [2.05, 4.69) is 15.1 Å². The van der Waals surface area contributed by atoms with E-state index in [4.69, 9.17) is 0 Å². The van der Waals surface area contributed by atoms with E-state index in [-0.39, 0.29) is 5.69 Å². The van der Waals surface area contributed by atoms with Gasteiger partial charge in [-0.3, -0.25) is 4.68 Å². The molecule has 0 bridgehead atoms. The summed E-state index contributed by atoms with van der Waals surface area (Å²) in [6.45, 7) is 3.49. The molecule has 3 heterocycles. The molecule has 5 nitrogen and oxygen atoms in total. The van der Waals surface area contributed by atoms with Gasteiger partial charge in [0.05, 0.1) is 11.4 Å². The fourth-order valence-electron chi connectivity index (χ4n) is 2.97. The number of hydrogen-bond acceptors (Lipinski definition) is 4. The topological polar surface area (TPSA) is 46.8 Å². The van der Waals surface area contributed by atoms with Crippen LogP contribution in [0.25, 0.3) is 11.3 Å². The highest BCUT2D eigenvalue weighted by Crippen LogP contribution is 2.28. The van der Waals surface area contributed by atoms with Gasteiger partial charge in [0, 0.05) is 31.9 Å². The molecule has 0 amide bonds. The average Bonchev–Trinajstić information content (AvgIpc) is 2.74. The van der Waals surface area contributed by atoms with Gasteiger partial charge in [0.25, 0.3) is 6.43 Å². The zero-order valence-corrected chi connectivity index (χ0v) is 13.5. The highest BCUT2D eigenvalue weighted by Gasteiger charge is 2.20. The van der Waals surface area contributed by atoms with Crippen molar-refractivity contribution in [3.05, 3.63) is 23.7 Å². The third-order valence-electron chi connectivity index (χ3n) is 4.14. The number of alkyl halides is 2. The van der Waals surface area contributed by atoms with E-state index in [0.29, 0.717) is 11.6 Å². The maximum absolute atomic E-state index is 13.3. The van der Waals surface area contributed by atoms with E-state index < -0.39 is 6.43 Å². The van der Waals surface area contributed by atoms with Crippen molar-refractivity contribution in [2.45, 2.75) is 39.0 Å². The van der Waals surface area contributed by atoms with E-state index in [1.807, 2.05) is 11.8 Å². The lowest BCUT2D eigenvalue weighted by Gasteiger charge is -2.21. The minimum Gasteiger partial charge on any atom is -0.341 e. The Morgan fingerprint density at radius 1 is 1.09 bits per heavy atom. The van der Waals surface area contributed by atoms with Crippen molar-refractivity contribution in [1.82, 2.24) is 19.7 Å². The number of aryl methyl sites for hydroxylation is 2. The molecule has 1 aliphatic heterocycles. The van der Waals surface area contributed by atoms with Gasteiger partial charge in [-0.2, -0.15) is 5.10 Å². The first-order valence-corrected chi connectivity index (χ1v) is 7.97. The zero-order valence-electron chi connectivity index (χ0n) is 13.5. The van der Waals surface area contributed by atoms with Crippen LogP contribution in [0.5, 0.6) is 0 Å². The second-order valence-electron chi connectivity index (χ2n) is 5.98. The van der Waals surface area contributed by atoms with Crippen LogP contribution in [0, 0.1) is 6.92 Å². The molecule has 23 heavy (non-hydrogen) atoms. The second-order valence-corrected chi connectivity index (χ2v) is 5.98. The van der Waals surface area contributed by atoms with Crippen molar-refractivity contribution in [3.63, 3.8) is 0 Å². The third-order valence-corrected chi connectivity index (χ3v) is 4.14. The summed E-state index contributed by atoms with van der Waals surface area (Å²) in [4.78, 5) is 10.7. The number of hydrogen-bond donors (Lipinski definition) is 0. The molecule has 0 spiro atoms. The predicted octanol–water partition coefficient (Wildman–Crippen LogP) is 3.50. The molecule has 3 rings (SSSR count). The van der Waals surface area contributed by atoms with Gasteiger partial charge in [0.15, 0.2) is 0 Å². The van der Waals surface area contributed by atoms with Crippen molar-refractivity contribution in [2.75, 3.05) is 18.0 Å². The van der Waals surface area contributed by atoms with Crippen molar-refractivity contribution < 1.29 is 8.78 Å². The molecule has 0 N–H and O–H groups in total. The lowest BCUT2D eigenvalue weighted by atomic mass is 10.1. The Kier molecular flexibility index (Phi) is 4.54. The molecule has 0 saturated carbocycles. The average molecular weight is 321 g/mol. The summed E-state index contributed by atoms with van der Waals surface area (Å²) in [5.74, 6) is 0.406. The highest BCUT2D eigenvalue weighted by atomic mass is 19.3. The molecule has 124 valence electrons. The molecule has 7 heteroatoms. The summed E-state index contributed by atoms with van der Waals surface area (Å²) in [6.07, 6.45) is 3.62. The summed E-state index contributed by atoms with van der Waals surface area (Å²) >= 11 is 0. The first kappa shape index (κ1) is 15.8. The van der Waals surface area contributed by atoms with Gasteiger partial charge >= 0.3 is 0 Å². The normalized spacial score (nSPS) is 16.0. The van der Waals surface area contributed by atoms with E-state index in [9.17, 15) is 8.78 Å². The summed E-state index contributed by atoms with van der Waals surface area (Å²) in [7, 11) is 1.81. The molecular formula is C16H21F2N5. The first-order chi connectivity index (χ1) is 11.0. The lowest BCUT2D eigenvalue weighted by Crippen LogP contribution is -2.26. The molecular weight excluding hydrogens is 300 g/mol. The van der Waals surface area contributed by atoms with Crippen LogP contribution in [0.4, 0.5) is 14.7 Å². The van der Waals surface area contributed by atoms with Crippen molar-refractivity contribution in [1.29, 1.82) is 0 Å². The van der Waals surface area contributed by atoms with Crippen molar-refractivity contribution >= 4 is 5.95 Å². The summed E-state index contributed by atoms with van der Waals surface area (Å²) in [5, 5.41) is 4.27. The fraction of sp³-hybridized carbons (Fsp3) is 0.562. The van der Waals surface area contributed by atoms with Gasteiger partial charge in [-0.1, -0.05) is 12.8 Å². The molecule has 2 aromatic heterocycles. The number of anilines is 1. The SMILES string of the molecule is Cc1nn(C)cc1-c1cc(C(F)F)nc(N2CCCCCC2)n1. The molecule has 1 aliphatic rings. The van der Waals surface area contributed by atoms with Gasteiger partial charge in [-0.05, 0) is 25.8 Å². The molecule has 0 aliphatic carbocycles. The summed E-state index contributed by atoms with van der Waals surface area (Å²) < 4.78 is 28.2. The smallest absolute Gasteiger partial charge is 0.280 e. The van der Waals surface area contributed by atoms with Gasteiger partial charge in [-0.15, -0.1) is 0 Å². The number of nitrogens with zero attached hydrogens (tertiary/aromatic N) is 5. The standard InChI is InChI=1S/C16H21F2N5/c1-11-12(10-22(2)21-11)13-9-14(15(17)18)20-16(19-13)23-7-5-3-4-6-8-23/h9-10,15H,3-8H2,1-2H3. The zero-order chi connectivity index (χ0) is 16.4. The fourth-order valence-corrected chi connectivity index (χ4v) is 2.97. The minimum absolute atomic E-state index is 0.225. The predicted molar refractivity (Wildman–Crippen MR) is 84.6 cm³/mol. The highest BCUT2D eigenvalue weighted by molar-refractivity contribution is 5.62. The Bertz CT molecular complexity index is 675. The van der Waals surface area contributed by atoms with Crippen LogP contribution in [0.2, 0.25) is 0 Å². The van der Waals surface area contributed by atoms with Gasteiger partial charge < -0.3 is 4.90 Å². The molecule has 0 unspecified atom stereocenters. The number of rotatable bonds is 3. The Hall–Kier alpha value is -2.05. The number of aromatic nitrogens is 4. The maximum atomic E-state index is 13.3. The molecule has 1 saturated heterocycles. The van der Waals surface area contributed by atoms with Gasteiger partial charge in [0.1, 0.15) is 5.69 Å². The Balaban J connectivity index is 2.04. The minimum atomic E-state index is -2.61. The first-order valence-electron chi connectivity index (χ1n) is 7.97. The monoisotopic (exact) mass is 321 g/mol. The van der Waals surface area contributed by atoms with Crippen LogP contribution < -0.4 is 4.90 Å². The molecule has 2 aromatic rings. The van der Waals surface area contributed by atoms with E-state index in [0.717, 1.165) is 37.2 Å². The number of halogens is 2. The van der Waals surface area contributed by atoms with Crippen LogP contribution in [-0.2, 0) is 7.05 Å². The van der Waals surface area contributed by atoms with E-state index >= 15 is 0 Å². The van der Waals surface area contributed by atoms with E-state index in [1.54, 1.807) is 17.9 Å². The van der Waals surface area contributed by atoms with Crippen LogP contribution in [0.3, 0.4) is 0 Å². The van der Waals surface area contributed by atoms with Gasteiger partial charge in [-0.25, -0.2) is 18.7 Å². The molecule has 0 aromatic carbocycles. The van der Waals surface area contributed by atoms with Crippen LogP contribution in [0.1, 0.15) is 43.5 Å². The van der Waals surface area contributed by atoms with Crippen LogP contribution >= 0.6 is 0 Å². The molecule has 0 radical (unpaired) electrons. The maximum Gasteiger partial charge on any atom is 0.280 e. The largest absolute Gasteiger partial charge is 0.341 e. The quantitative estimate of drug-likeness (QED) is 0.868. The van der Waals surface area contributed by atoms with Gasteiger partial charge in [0.2, 0.25) is 5.95 Å².